The number of rotatable bonds is 21. The smallest absolute Gasteiger partial charge is 0.344 e. The SMILES string of the molecule is B.CCCCCCCC[PH](C)(CCCCCCCC)CCCCCCCC.N. The Morgan fingerprint density at radius 1 is 0.393 bits per heavy atom. The zero-order chi connectivity index (χ0) is 19.3. The molecule has 0 aliphatic heterocycles. The molecule has 0 aliphatic carbocycles. The van der Waals surface area contributed by atoms with Gasteiger partial charge in [0.05, 0.1) is 8.41 Å². The quantitative estimate of drug-likeness (QED) is 0.113. The molecule has 3 heteroatoms. The van der Waals surface area contributed by atoms with Crippen molar-refractivity contribution in [3.63, 3.8) is 0 Å². The Morgan fingerprint density at radius 3 is 0.857 bits per heavy atom. The van der Waals surface area contributed by atoms with Crippen molar-refractivity contribution < 1.29 is 0 Å². The maximum absolute atomic E-state index is 2.76. The van der Waals surface area contributed by atoms with Gasteiger partial charge in [0.25, 0.3) is 0 Å². The Balaban J connectivity index is -0.00000312. The number of hydrogen-bond acceptors (Lipinski definition) is 1. The van der Waals surface area contributed by atoms with E-state index in [4.69, 9.17) is 0 Å². The summed E-state index contributed by atoms with van der Waals surface area (Å²) in [5, 5.41) is 0. The van der Waals surface area contributed by atoms with E-state index < -0.39 is 7.26 Å². The molecule has 174 valence electrons. The minimum absolute atomic E-state index is 0. The van der Waals surface area contributed by atoms with Gasteiger partial charge >= 0.3 is 169 Å². The predicted molar refractivity (Wildman–Crippen MR) is 144 cm³/mol. The Hall–Kier alpha value is 0.455. The van der Waals surface area contributed by atoms with Crippen LogP contribution in [0.25, 0.3) is 0 Å². The van der Waals surface area contributed by atoms with E-state index in [1.807, 2.05) is 0 Å². The third kappa shape index (κ3) is 22.7. The maximum atomic E-state index is 2.76. The van der Waals surface area contributed by atoms with Crippen LogP contribution in [0, 0.1) is 0 Å². The molecular formula is C25H61BNP. The summed E-state index contributed by atoms with van der Waals surface area (Å²) in [5.74, 6) is 0. The van der Waals surface area contributed by atoms with Crippen molar-refractivity contribution in [1.29, 1.82) is 0 Å². The molecule has 0 atom stereocenters. The first-order valence-corrected chi connectivity index (χ1v) is 15.8. The van der Waals surface area contributed by atoms with E-state index >= 15 is 0 Å². The molecule has 0 aromatic rings. The van der Waals surface area contributed by atoms with E-state index in [0.29, 0.717) is 0 Å². The van der Waals surface area contributed by atoms with Gasteiger partial charge in [-0.1, -0.05) is 0 Å². The maximum Gasteiger partial charge on any atom is -0.344 e. The van der Waals surface area contributed by atoms with Crippen LogP contribution in [0.15, 0.2) is 0 Å². The van der Waals surface area contributed by atoms with Gasteiger partial charge in [0.1, 0.15) is 0 Å². The van der Waals surface area contributed by atoms with Gasteiger partial charge in [0, 0.05) is 0 Å². The molecule has 1 nitrogen and oxygen atoms in total. The van der Waals surface area contributed by atoms with Gasteiger partial charge in [-0.2, -0.15) is 0 Å². The average molecular weight is 418 g/mol. The van der Waals surface area contributed by atoms with Crippen molar-refractivity contribution in [3.05, 3.63) is 0 Å². The van der Waals surface area contributed by atoms with Gasteiger partial charge < -0.3 is 6.15 Å². The molecule has 0 heterocycles. The van der Waals surface area contributed by atoms with Crippen LogP contribution in [0.3, 0.4) is 0 Å². The molecule has 0 saturated carbocycles. The fraction of sp³-hybridized carbons (Fsp3) is 1.00. The molecule has 0 rings (SSSR count). The second kappa shape index (κ2) is 25.5. The summed E-state index contributed by atoms with van der Waals surface area (Å²) in [4.78, 5) is 0. The van der Waals surface area contributed by atoms with E-state index in [-0.39, 0.29) is 14.6 Å². The van der Waals surface area contributed by atoms with Crippen LogP contribution in [0.4, 0.5) is 0 Å². The standard InChI is InChI=1S/C25H55P.BH3.H3N/c1-5-8-11-14-17-20-23-26(4,24-21-18-15-12-9-6-2)25-22-19-16-13-10-7-3;;/h26H,5-25H2,1-4H3;2*1H3. The second-order valence-corrected chi connectivity index (χ2v) is 14.5. The fourth-order valence-corrected chi connectivity index (χ4v) is 8.43. The molecule has 0 aliphatic rings. The Bertz CT molecular complexity index is 232. The topological polar surface area (TPSA) is 35.0 Å². The largest absolute Gasteiger partial charge is 0.344 e. The summed E-state index contributed by atoms with van der Waals surface area (Å²) in [5.41, 5.74) is 0. The summed E-state index contributed by atoms with van der Waals surface area (Å²) in [6.45, 7) is 9.73. The average Bonchev–Trinajstić information content (AvgIpc) is 2.64. The van der Waals surface area contributed by atoms with Crippen LogP contribution in [-0.4, -0.2) is 33.6 Å². The third-order valence-electron chi connectivity index (χ3n) is 6.40. The van der Waals surface area contributed by atoms with Gasteiger partial charge in [0.2, 0.25) is 0 Å². The Kier molecular flexibility index (Phi) is 30.1. The van der Waals surface area contributed by atoms with E-state index in [1.54, 1.807) is 18.5 Å². The summed E-state index contributed by atoms with van der Waals surface area (Å²) in [7, 11) is -0.955. The van der Waals surface area contributed by atoms with Crippen molar-refractivity contribution in [2.75, 3.05) is 25.2 Å². The predicted octanol–water partition coefficient (Wildman–Crippen LogP) is 8.43. The zero-order valence-corrected chi connectivity index (χ0v) is 21.1. The van der Waals surface area contributed by atoms with E-state index in [2.05, 4.69) is 27.4 Å². The fourth-order valence-electron chi connectivity index (χ4n) is 4.37. The summed E-state index contributed by atoms with van der Waals surface area (Å²) >= 11 is 0. The molecule has 3 N–H and O–H groups in total. The molecule has 0 bridgehead atoms. The van der Waals surface area contributed by atoms with Crippen LogP contribution >= 0.6 is 7.26 Å². The van der Waals surface area contributed by atoms with Crippen molar-refractivity contribution in [2.45, 2.75) is 136 Å². The minimum Gasteiger partial charge on any atom is -0.344 e. The molecule has 0 saturated heterocycles. The molecule has 0 radical (unpaired) electrons. The normalized spacial score (nSPS) is 11.7. The molecule has 0 unspecified atom stereocenters. The molecular weight excluding hydrogens is 356 g/mol. The van der Waals surface area contributed by atoms with E-state index in [9.17, 15) is 0 Å². The molecule has 28 heavy (non-hydrogen) atoms. The van der Waals surface area contributed by atoms with Crippen molar-refractivity contribution in [3.8, 4) is 0 Å². The van der Waals surface area contributed by atoms with Gasteiger partial charge in [0.15, 0.2) is 0 Å². The zero-order valence-electron chi connectivity index (χ0n) is 20.1. The van der Waals surface area contributed by atoms with Crippen LogP contribution in [-0.2, 0) is 0 Å². The Labute approximate surface area is 183 Å². The molecule has 0 aromatic carbocycles. The molecule has 0 amide bonds. The van der Waals surface area contributed by atoms with Crippen molar-refractivity contribution in [1.82, 2.24) is 6.15 Å². The first-order valence-electron chi connectivity index (χ1n) is 12.7. The third-order valence-corrected chi connectivity index (χ3v) is 11.1. The van der Waals surface area contributed by atoms with Crippen LogP contribution in [0.1, 0.15) is 136 Å². The van der Waals surface area contributed by atoms with E-state index in [1.165, 1.54) is 116 Å². The van der Waals surface area contributed by atoms with Crippen LogP contribution in [0.2, 0.25) is 0 Å². The van der Waals surface area contributed by atoms with Gasteiger partial charge in [-0.05, 0) is 0 Å². The molecule has 0 aromatic heterocycles. The number of hydrogen-bond donors (Lipinski definition) is 1. The first kappa shape index (κ1) is 33.1. The number of unbranched alkanes of at least 4 members (excludes halogenated alkanes) is 15. The van der Waals surface area contributed by atoms with Crippen LogP contribution < -0.4 is 6.15 Å². The van der Waals surface area contributed by atoms with Gasteiger partial charge in [-0.3, -0.25) is 0 Å². The Morgan fingerprint density at radius 2 is 0.607 bits per heavy atom. The summed E-state index contributed by atoms with van der Waals surface area (Å²) in [6, 6.07) is 0. The molecule has 0 spiro atoms. The van der Waals surface area contributed by atoms with Crippen molar-refractivity contribution in [2.24, 2.45) is 0 Å². The van der Waals surface area contributed by atoms with Gasteiger partial charge in [-0.25, -0.2) is 0 Å². The first-order chi connectivity index (χ1) is 12.7. The minimum atomic E-state index is -0.955. The van der Waals surface area contributed by atoms with Crippen molar-refractivity contribution >= 4 is 15.7 Å². The summed E-state index contributed by atoms with van der Waals surface area (Å²) < 4.78 is 0. The monoisotopic (exact) mass is 417 g/mol. The second-order valence-electron chi connectivity index (χ2n) is 9.36. The summed E-state index contributed by atoms with van der Waals surface area (Å²) in [6.07, 6.45) is 31.4. The molecule has 0 fully saturated rings. The van der Waals surface area contributed by atoms with Crippen LogP contribution in [0.5, 0.6) is 0 Å². The van der Waals surface area contributed by atoms with E-state index in [0.717, 1.165) is 0 Å². The van der Waals surface area contributed by atoms with Gasteiger partial charge in [-0.15, -0.1) is 0 Å².